The van der Waals surface area contributed by atoms with Crippen LogP contribution in [0.1, 0.15) is 37.3 Å². The first-order valence-corrected chi connectivity index (χ1v) is 6.61. The summed E-state index contributed by atoms with van der Waals surface area (Å²) in [6.45, 7) is 3.21. The molecule has 0 radical (unpaired) electrons. The summed E-state index contributed by atoms with van der Waals surface area (Å²) in [7, 11) is 0. The molecule has 1 unspecified atom stereocenters. The molecule has 110 valence electrons. The summed E-state index contributed by atoms with van der Waals surface area (Å²) < 4.78 is 2.07. The monoisotopic (exact) mass is 314 g/mol. The summed E-state index contributed by atoms with van der Waals surface area (Å²) in [5.74, 6) is 2.02. The number of nitrogens with zero attached hydrogens (tertiary/aromatic N) is 3. The zero-order valence-corrected chi connectivity index (χ0v) is 13.1. The van der Waals surface area contributed by atoms with Crippen molar-refractivity contribution >= 4 is 24.8 Å². The van der Waals surface area contributed by atoms with Gasteiger partial charge in [-0.05, 0) is 31.5 Å². The van der Waals surface area contributed by atoms with Crippen molar-refractivity contribution in [1.29, 1.82) is 0 Å². The summed E-state index contributed by atoms with van der Waals surface area (Å²) in [5, 5.41) is 3.49. The number of rotatable bonds is 3. The Morgan fingerprint density at radius 2 is 2.20 bits per heavy atom. The van der Waals surface area contributed by atoms with Crippen LogP contribution in [0.5, 0.6) is 0 Å². The predicted octanol–water partition coefficient (Wildman–Crippen LogP) is 3.10. The molecule has 3 heterocycles. The van der Waals surface area contributed by atoms with Gasteiger partial charge in [-0.25, -0.2) is 9.97 Å². The number of aromatic nitrogens is 3. The van der Waals surface area contributed by atoms with E-state index in [0.29, 0.717) is 6.04 Å². The highest BCUT2D eigenvalue weighted by molar-refractivity contribution is 5.85. The minimum absolute atomic E-state index is 0. The van der Waals surface area contributed by atoms with Gasteiger partial charge in [-0.1, -0.05) is 13.0 Å². The lowest BCUT2D eigenvalue weighted by atomic mass is 10.1. The zero-order chi connectivity index (χ0) is 12.4. The number of hydrogen-bond acceptors (Lipinski definition) is 3. The molecule has 2 aromatic heterocycles. The maximum atomic E-state index is 4.77. The first-order chi connectivity index (χ1) is 8.88. The van der Waals surface area contributed by atoms with Gasteiger partial charge in [-0.15, -0.1) is 24.8 Å². The van der Waals surface area contributed by atoms with Gasteiger partial charge in [0, 0.05) is 24.9 Å². The van der Waals surface area contributed by atoms with E-state index in [0.717, 1.165) is 30.3 Å². The first kappa shape index (κ1) is 17.0. The topological polar surface area (TPSA) is 42.7 Å². The van der Waals surface area contributed by atoms with Crippen molar-refractivity contribution in [2.24, 2.45) is 0 Å². The average Bonchev–Trinajstić information content (AvgIpc) is 3.10. The molecule has 0 bridgehead atoms. The highest BCUT2D eigenvalue weighted by Gasteiger charge is 2.17. The summed E-state index contributed by atoms with van der Waals surface area (Å²) >= 11 is 0. The molecule has 1 atom stereocenters. The van der Waals surface area contributed by atoms with Gasteiger partial charge in [0.1, 0.15) is 11.6 Å². The van der Waals surface area contributed by atoms with Gasteiger partial charge in [-0.2, -0.15) is 0 Å². The number of halogens is 2. The summed E-state index contributed by atoms with van der Waals surface area (Å²) in [6, 6.07) is 6.64. The smallest absolute Gasteiger partial charge is 0.138 e. The van der Waals surface area contributed by atoms with Crippen LogP contribution in [0.3, 0.4) is 0 Å². The third kappa shape index (κ3) is 3.32. The van der Waals surface area contributed by atoms with Crippen LogP contribution in [0.2, 0.25) is 0 Å². The number of nitrogens with one attached hydrogen (secondary N) is 1. The number of hydrogen-bond donors (Lipinski definition) is 1. The van der Waals surface area contributed by atoms with Gasteiger partial charge in [0.2, 0.25) is 0 Å². The molecular formula is C14H20Cl2N4. The maximum absolute atomic E-state index is 4.77. The lowest BCUT2D eigenvalue weighted by molar-refractivity contribution is 0.625. The van der Waals surface area contributed by atoms with Crippen LogP contribution >= 0.6 is 24.8 Å². The summed E-state index contributed by atoms with van der Waals surface area (Å²) in [6.07, 6.45) is 7.15. The van der Waals surface area contributed by atoms with Crippen molar-refractivity contribution in [3.63, 3.8) is 0 Å². The van der Waals surface area contributed by atoms with Crippen LogP contribution in [0.4, 0.5) is 0 Å². The fraction of sp³-hybridized carbons (Fsp3) is 0.429. The molecule has 20 heavy (non-hydrogen) atoms. The van der Waals surface area contributed by atoms with Gasteiger partial charge in [0.05, 0.1) is 5.69 Å². The third-order valence-corrected chi connectivity index (χ3v) is 3.45. The van der Waals surface area contributed by atoms with Gasteiger partial charge in [-0.3, -0.25) is 4.57 Å². The van der Waals surface area contributed by atoms with Gasteiger partial charge in [0.15, 0.2) is 0 Å². The Labute approximate surface area is 131 Å². The molecule has 1 saturated heterocycles. The predicted molar refractivity (Wildman–Crippen MR) is 85.2 cm³/mol. The van der Waals surface area contributed by atoms with E-state index < -0.39 is 0 Å². The SMILES string of the molecule is CCc1nccn1-c1cccc(C2CCCN2)n1.Cl.Cl. The molecule has 1 fully saturated rings. The highest BCUT2D eigenvalue weighted by atomic mass is 35.5. The molecule has 1 N–H and O–H groups in total. The van der Waals surface area contributed by atoms with Gasteiger partial charge < -0.3 is 5.32 Å². The fourth-order valence-corrected chi connectivity index (χ4v) is 2.51. The minimum Gasteiger partial charge on any atom is -0.309 e. The molecular weight excluding hydrogens is 295 g/mol. The van der Waals surface area contributed by atoms with E-state index in [1.807, 2.05) is 18.5 Å². The van der Waals surface area contributed by atoms with Crippen LogP contribution in [-0.2, 0) is 6.42 Å². The Bertz CT molecular complexity index is 535. The van der Waals surface area contributed by atoms with E-state index >= 15 is 0 Å². The minimum atomic E-state index is 0. The van der Waals surface area contributed by atoms with Crippen molar-refractivity contribution in [2.75, 3.05) is 6.54 Å². The normalized spacial score (nSPS) is 17.4. The van der Waals surface area contributed by atoms with E-state index in [1.165, 1.54) is 12.8 Å². The molecule has 6 heteroatoms. The average molecular weight is 315 g/mol. The van der Waals surface area contributed by atoms with Crippen molar-refractivity contribution in [3.05, 3.63) is 42.1 Å². The Morgan fingerprint density at radius 3 is 2.90 bits per heavy atom. The second kappa shape index (κ2) is 7.62. The molecule has 3 rings (SSSR count). The molecule has 1 aliphatic heterocycles. The van der Waals surface area contributed by atoms with E-state index in [2.05, 4.69) is 33.9 Å². The van der Waals surface area contributed by atoms with Crippen molar-refractivity contribution in [2.45, 2.75) is 32.2 Å². The van der Waals surface area contributed by atoms with Crippen LogP contribution in [0.15, 0.2) is 30.6 Å². The van der Waals surface area contributed by atoms with Crippen molar-refractivity contribution < 1.29 is 0 Å². The second-order valence-electron chi connectivity index (χ2n) is 4.64. The van der Waals surface area contributed by atoms with Crippen LogP contribution in [0, 0.1) is 0 Å². The lowest BCUT2D eigenvalue weighted by Crippen LogP contribution is -2.15. The van der Waals surface area contributed by atoms with Gasteiger partial charge in [0.25, 0.3) is 0 Å². The Morgan fingerprint density at radius 1 is 1.35 bits per heavy atom. The zero-order valence-electron chi connectivity index (χ0n) is 11.5. The Hall–Kier alpha value is -1.10. The Balaban J connectivity index is 0.000001000. The molecule has 1 aliphatic rings. The standard InChI is InChI=1S/C14H18N4.2ClH/c1-2-13-16-9-10-18(13)14-7-3-5-12(17-14)11-6-4-8-15-11;;/h3,5,7,9-11,15H,2,4,6,8H2,1H3;2*1H. The van der Waals surface area contributed by atoms with Crippen molar-refractivity contribution in [1.82, 2.24) is 19.9 Å². The number of aryl methyl sites for hydroxylation is 1. The molecule has 0 saturated carbocycles. The first-order valence-electron chi connectivity index (χ1n) is 6.61. The van der Waals surface area contributed by atoms with E-state index in [1.54, 1.807) is 0 Å². The maximum Gasteiger partial charge on any atom is 0.138 e. The molecule has 2 aromatic rings. The third-order valence-electron chi connectivity index (χ3n) is 3.45. The molecule has 4 nitrogen and oxygen atoms in total. The van der Waals surface area contributed by atoms with E-state index in [9.17, 15) is 0 Å². The van der Waals surface area contributed by atoms with E-state index in [4.69, 9.17) is 4.98 Å². The highest BCUT2D eigenvalue weighted by Crippen LogP contribution is 2.22. The molecule has 0 aliphatic carbocycles. The number of pyridine rings is 1. The molecule has 0 amide bonds. The quantitative estimate of drug-likeness (QED) is 0.946. The van der Waals surface area contributed by atoms with Crippen LogP contribution < -0.4 is 5.32 Å². The lowest BCUT2D eigenvalue weighted by Gasteiger charge is -2.12. The molecule has 0 spiro atoms. The van der Waals surface area contributed by atoms with Crippen molar-refractivity contribution in [3.8, 4) is 5.82 Å². The second-order valence-corrected chi connectivity index (χ2v) is 4.64. The van der Waals surface area contributed by atoms with Crippen LogP contribution in [-0.4, -0.2) is 21.1 Å². The van der Waals surface area contributed by atoms with E-state index in [-0.39, 0.29) is 24.8 Å². The largest absolute Gasteiger partial charge is 0.309 e. The Kier molecular flexibility index (Phi) is 6.46. The van der Waals surface area contributed by atoms with Crippen LogP contribution in [0.25, 0.3) is 5.82 Å². The number of imidazole rings is 1. The van der Waals surface area contributed by atoms with Gasteiger partial charge >= 0.3 is 0 Å². The fourth-order valence-electron chi connectivity index (χ4n) is 2.51. The molecule has 0 aromatic carbocycles. The summed E-state index contributed by atoms with van der Waals surface area (Å²) in [5.41, 5.74) is 1.14. The summed E-state index contributed by atoms with van der Waals surface area (Å²) in [4.78, 5) is 9.11.